The predicted molar refractivity (Wildman–Crippen MR) is 312 cm³/mol. The standard InChI is InChI=1S/C70H55N5/c1-69(2)44-70(3,4)61-43-54(37-42-60(61)69)51-25-23-49(24-26-51)50-35-38-55(39-36-50)74-62-21-13-11-19-56(62)58-40-41-59-57-20-12-14-22-63(57)75(65(59)64(58)74)68-72-66(52-31-27-47(28-32-52)45-15-7-5-8-16-45)71-67(73-68)53-33-29-48(30-34-53)46-17-9-6-10-18-46/h5-29,31-43,48H,30,44H2,1-4H3. The highest BCUT2D eigenvalue weighted by Gasteiger charge is 2.41. The van der Waals surface area contributed by atoms with Gasteiger partial charge in [0, 0.05) is 44.3 Å². The SMILES string of the molecule is CC1(C)CC(C)(C)c2cc(-c3ccc(-c4ccc(-n5c6ccccc6c6ccc7c8ccccc8n(-c8nc(C9=CCC(c%10ccccc%10)C=C9)nc(-c9ccc(-c%10ccccc%10)cc9)n8)c7c65)cc4)cc3)ccc21. The van der Waals surface area contributed by atoms with Gasteiger partial charge in [0.2, 0.25) is 5.95 Å². The second kappa shape index (κ2) is 17.4. The summed E-state index contributed by atoms with van der Waals surface area (Å²) in [5.41, 5.74) is 19.1. The Bertz CT molecular complexity index is 4250. The first kappa shape index (κ1) is 44.7. The summed E-state index contributed by atoms with van der Waals surface area (Å²) in [5, 5.41) is 4.62. The van der Waals surface area contributed by atoms with Crippen molar-refractivity contribution in [3.63, 3.8) is 0 Å². The number of hydrogen-bond donors (Lipinski definition) is 0. The topological polar surface area (TPSA) is 48.5 Å². The largest absolute Gasteiger partial charge is 0.307 e. The third-order valence-corrected chi connectivity index (χ3v) is 16.2. The fraction of sp³-hybridized carbons (Fsp3) is 0.129. The first-order valence-corrected chi connectivity index (χ1v) is 26.3. The summed E-state index contributed by atoms with van der Waals surface area (Å²) >= 11 is 0. The minimum Gasteiger partial charge on any atom is -0.307 e. The first-order chi connectivity index (χ1) is 36.6. The van der Waals surface area contributed by atoms with Crippen LogP contribution in [0.25, 0.3) is 106 Å². The number of allylic oxidation sites excluding steroid dienone is 4. The molecule has 2 aliphatic rings. The molecule has 0 saturated heterocycles. The van der Waals surface area contributed by atoms with Gasteiger partial charge in [-0.3, -0.25) is 4.57 Å². The Labute approximate surface area is 437 Å². The maximum absolute atomic E-state index is 5.46. The molecule has 360 valence electrons. The highest BCUT2D eigenvalue weighted by atomic mass is 15.2. The highest BCUT2D eigenvalue weighted by molar-refractivity contribution is 6.23. The third-order valence-electron chi connectivity index (χ3n) is 16.2. The van der Waals surface area contributed by atoms with E-state index in [1.54, 1.807) is 0 Å². The van der Waals surface area contributed by atoms with Crippen molar-refractivity contribution in [3.8, 4) is 56.4 Å². The van der Waals surface area contributed by atoms with Crippen LogP contribution in [0.15, 0.2) is 231 Å². The number of nitrogens with zero attached hydrogens (tertiary/aromatic N) is 5. The molecular weight excluding hydrogens is 911 g/mol. The van der Waals surface area contributed by atoms with Gasteiger partial charge in [-0.05, 0) is 98.0 Å². The molecule has 5 heteroatoms. The predicted octanol–water partition coefficient (Wildman–Crippen LogP) is 17.8. The van der Waals surface area contributed by atoms with Crippen molar-refractivity contribution in [1.82, 2.24) is 24.1 Å². The van der Waals surface area contributed by atoms with E-state index in [-0.39, 0.29) is 16.7 Å². The maximum Gasteiger partial charge on any atom is 0.238 e. The van der Waals surface area contributed by atoms with Crippen LogP contribution in [0, 0.1) is 0 Å². The Morgan fingerprint density at radius 1 is 0.413 bits per heavy atom. The molecule has 9 aromatic carbocycles. The van der Waals surface area contributed by atoms with E-state index >= 15 is 0 Å². The summed E-state index contributed by atoms with van der Waals surface area (Å²) in [7, 11) is 0. The minimum absolute atomic E-state index is 0.157. The van der Waals surface area contributed by atoms with Crippen LogP contribution in [-0.4, -0.2) is 24.1 Å². The molecule has 5 nitrogen and oxygen atoms in total. The smallest absolute Gasteiger partial charge is 0.238 e. The quantitative estimate of drug-likeness (QED) is 0.152. The van der Waals surface area contributed by atoms with E-state index in [1.165, 1.54) is 49.9 Å². The second-order valence-corrected chi connectivity index (χ2v) is 21.9. The molecule has 3 aromatic heterocycles. The van der Waals surface area contributed by atoms with Gasteiger partial charge in [-0.25, -0.2) is 4.98 Å². The van der Waals surface area contributed by atoms with Gasteiger partial charge in [-0.1, -0.05) is 234 Å². The summed E-state index contributed by atoms with van der Waals surface area (Å²) in [6.45, 7) is 9.54. The van der Waals surface area contributed by atoms with Crippen LogP contribution in [0.5, 0.6) is 0 Å². The summed E-state index contributed by atoms with van der Waals surface area (Å²) < 4.78 is 4.72. The monoisotopic (exact) mass is 965 g/mol. The van der Waals surface area contributed by atoms with Crippen molar-refractivity contribution >= 4 is 49.2 Å². The van der Waals surface area contributed by atoms with Gasteiger partial charge < -0.3 is 4.57 Å². The molecule has 1 unspecified atom stereocenters. The van der Waals surface area contributed by atoms with Crippen LogP contribution in [0.3, 0.4) is 0 Å². The van der Waals surface area contributed by atoms with E-state index in [0.717, 1.165) is 73.5 Å². The Balaban J connectivity index is 0.912. The van der Waals surface area contributed by atoms with Gasteiger partial charge in [0.25, 0.3) is 0 Å². The Morgan fingerprint density at radius 3 is 1.53 bits per heavy atom. The van der Waals surface area contributed by atoms with Gasteiger partial charge in [-0.15, -0.1) is 0 Å². The van der Waals surface area contributed by atoms with Crippen molar-refractivity contribution in [1.29, 1.82) is 0 Å². The molecule has 3 heterocycles. The summed E-state index contributed by atoms with van der Waals surface area (Å²) in [6.07, 6.45) is 8.79. The zero-order valence-electron chi connectivity index (χ0n) is 42.7. The lowest BCUT2D eigenvalue weighted by atomic mass is 9.82. The highest BCUT2D eigenvalue weighted by Crippen LogP contribution is 2.50. The average Bonchev–Trinajstić information content (AvgIpc) is 4.06. The number of hydrogen-bond acceptors (Lipinski definition) is 3. The van der Waals surface area contributed by atoms with Gasteiger partial charge in [0.1, 0.15) is 0 Å². The average molecular weight is 966 g/mol. The van der Waals surface area contributed by atoms with E-state index in [4.69, 9.17) is 15.0 Å². The molecule has 0 spiro atoms. The van der Waals surface area contributed by atoms with Crippen LogP contribution < -0.4 is 0 Å². The number of fused-ring (bicyclic) bond motifs is 8. The minimum atomic E-state index is 0.157. The summed E-state index contributed by atoms with van der Waals surface area (Å²) in [5.74, 6) is 2.12. The molecule has 0 fully saturated rings. The van der Waals surface area contributed by atoms with Crippen LogP contribution >= 0.6 is 0 Å². The zero-order valence-corrected chi connectivity index (χ0v) is 42.7. The zero-order chi connectivity index (χ0) is 50.4. The number of benzene rings is 9. The van der Waals surface area contributed by atoms with Crippen molar-refractivity contribution in [2.75, 3.05) is 0 Å². The van der Waals surface area contributed by atoms with Crippen LogP contribution in [0.2, 0.25) is 0 Å². The van der Waals surface area contributed by atoms with Gasteiger partial charge >= 0.3 is 0 Å². The normalized spacial score (nSPS) is 15.7. The van der Waals surface area contributed by atoms with Crippen molar-refractivity contribution in [2.45, 2.75) is 57.3 Å². The molecule has 2 aliphatic carbocycles. The van der Waals surface area contributed by atoms with E-state index < -0.39 is 0 Å². The number of para-hydroxylation sites is 2. The van der Waals surface area contributed by atoms with E-state index in [2.05, 4.69) is 267 Å². The fourth-order valence-electron chi connectivity index (χ4n) is 12.7. The van der Waals surface area contributed by atoms with Crippen LogP contribution in [0.1, 0.15) is 69.0 Å². The van der Waals surface area contributed by atoms with Gasteiger partial charge in [0.05, 0.1) is 22.1 Å². The summed E-state index contributed by atoms with van der Waals surface area (Å²) in [6, 6.07) is 77.1. The van der Waals surface area contributed by atoms with E-state index in [0.29, 0.717) is 17.6 Å². The molecule has 0 bridgehead atoms. The fourth-order valence-corrected chi connectivity index (χ4v) is 12.7. The molecule has 75 heavy (non-hydrogen) atoms. The van der Waals surface area contributed by atoms with Crippen molar-refractivity contribution < 1.29 is 0 Å². The third kappa shape index (κ3) is 7.56. The Morgan fingerprint density at radius 2 is 0.907 bits per heavy atom. The molecule has 12 aromatic rings. The molecule has 0 radical (unpaired) electrons. The Hall–Kier alpha value is -8.93. The number of rotatable bonds is 8. The molecule has 1 atom stereocenters. The summed E-state index contributed by atoms with van der Waals surface area (Å²) in [4.78, 5) is 16.2. The van der Waals surface area contributed by atoms with E-state index in [9.17, 15) is 0 Å². The lowest BCUT2D eigenvalue weighted by Crippen LogP contribution is -2.17. The lowest BCUT2D eigenvalue weighted by molar-refractivity contribution is 0.403. The molecule has 14 rings (SSSR count). The Kier molecular flexibility index (Phi) is 10.4. The number of aromatic nitrogens is 5. The molecular formula is C70H55N5. The van der Waals surface area contributed by atoms with Gasteiger partial charge in [0.15, 0.2) is 11.6 Å². The van der Waals surface area contributed by atoms with Gasteiger partial charge in [-0.2, -0.15) is 9.97 Å². The van der Waals surface area contributed by atoms with Crippen molar-refractivity contribution in [2.24, 2.45) is 0 Å². The first-order valence-electron chi connectivity index (χ1n) is 26.3. The second-order valence-electron chi connectivity index (χ2n) is 21.9. The maximum atomic E-state index is 5.46. The van der Waals surface area contributed by atoms with E-state index in [1.807, 2.05) is 0 Å². The molecule has 0 aliphatic heterocycles. The molecule has 0 saturated carbocycles. The molecule has 0 amide bonds. The van der Waals surface area contributed by atoms with Crippen LogP contribution in [0.4, 0.5) is 0 Å². The van der Waals surface area contributed by atoms with Crippen LogP contribution in [-0.2, 0) is 10.8 Å². The molecule has 0 N–H and O–H groups in total. The lowest BCUT2D eigenvalue weighted by Gasteiger charge is -2.22. The van der Waals surface area contributed by atoms with Crippen molar-refractivity contribution in [3.05, 3.63) is 253 Å².